The molecule has 2 saturated heterocycles. The molecule has 0 aliphatic carbocycles. The van der Waals surface area contributed by atoms with Crippen molar-refractivity contribution in [3.05, 3.63) is 24.2 Å². The minimum atomic E-state index is 0. The zero-order valence-corrected chi connectivity index (χ0v) is 10.5. The lowest BCUT2D eigenvalue weighted by Crippen LogP contribution is -2.33. The number of rotatable bonds is 1. The third-order valence-corrected chi connectivity index (χ3v) is 3.83. The van der Waals surface area contributed by atoms with E-state index in [1.54, 1.807) is 12.3 Å². The van der Waals surface area contributed by atoms with Crippen LogP contribution < -0.4 is 5.32 Å². The van der Waals surface area contributed by atoms with E-state index in [0.29, 0.717) is 11.0 Å². The van der Waals surface area contributed by atoms with E-state index in [0.717, 1.165) is 32.6 Å². The zero-order valence-electron chi connectivity index (χ0n) is 9.65. The molecule has 5 heteroatoms. The van der Waals surface area contributed by atoms with Crippen molar-refractivity contribution in [2.75, 3.05) is 26.2 Å². The van der Waals surface area contributed by atoms with Gasteiger partial charge in [0.2, 0.25) is 0 Å². The highest BCUT2D eigenvalue weighted by atomic mass is 35.5. The van der Waals surface area contributed by atoms with Crippen molar-refractivity contribution in [3.63, 3.8) is 0 Å². The fraction of sp³-hybridized carbons (Fsp3) is 0.583. The summed E-state index contributed by atoms with van der Waals surface area (Å²) in [6.07, 6.45) is 5.40. The largest absolute Gasteiger partial charge is 0.472 e. The average molecular weight is 257 g/mol. The molecule has 0 aromatic carbocycles. The number of hydrogen-bond donors (Lipinski definition) is 1. The molecule has 1 atom stereocenters. The summed E-state index contributed by atoms with van der Waals surface area (Å²) in [7, 11) is 0. The fourth-order valence-electron chi connectivity index (χ4n) is 2.82. The van der Waals surface area contributed by atoms with Gasteiger partial charge in [0.05, 0.1) is 11.8 Å². The Morgan fingerprint density at radius 2 is 2.35 bits per heavy atom. The van der Waals surface area contributed by atoms with E-state index < -0.39 is 0 Å². The van der Waals surface area contributed by atoms with Crippen LogP contribution in [0.25, 0.3) is 0 Å². The van der Waals surface area contributed by atoms with Crippen LogP contribution in [0.2, 0.25) is 0 Å². The third kappa shape index (κ3) is 2.19. The Hall–Kier alpha value is -1.00. The number of nitrogens with zero attached hydrogens (tertiary/aromatic N) is 1. The van der Waals surface area contributed by atoms with Crippen LogP contribution >= 0.6 is 12.4 Å². The van der Waals surface area contributed by atoms with E-state index in [1.807, 2.05) is 4.90 Å². The summed E-state index contributed by atoms with van der Waals surface area (Å²) < 4.78 is 4.95. The van der Waals surface area contributed by atoms with Crippen LogP contribution in [0, 0.1) is 5.41 Å². The Balaban J connectivity index is 0.00000108. The number of furan rings is 1. The van der Waals surface area contributed by atoms with Gasteiger partial charge in [-0.3, -0.25) is 4.79 Å². The maximum atomic E-state index is 12.1. The minimum absolute atomic E-state index is 0. The van der Waals surface area contributed by atoms with E-state index in [1.165, 1.54) is 12.7 Å². The van der Waals surface area contributed by atoms with Gasteiger partial charge in [0.25, 0.3) is 5.91 Å². The number of nitrogens with one attached hydrogen (secondary N) is 1. The molecular weight excluding hydrogens is 240 g/mol. The van der Waals surface area contributed by atoms with E-state index in [4.69, 9.17) is 4.42 Å². The zero-order chi connectivity index (χ0) is 11.0. The normalized spacial score (nSPS) is 27.4. The van der Waals surface area contributed by atoms with Gasteiger partial charge in [-0.15, -0.1) is 12.4 Å². The Morgan fingerprint density at radius 3 is 3.00 bits per heavy atom. The van der Waals surface area contributed by atoms with Crippen molar-refractivity contribution in [3.8, 4) is 0 Å². The molecule has 1 amide bonds. The lowest BCUT2D eigenvalue weighted by Gasteiger charge is -2.22. The van der Waals surface area contributed by atoms with Gasteiger partial charge in [-0.2, -0.15) is 0 Å². The monoisotopic (exact) mass is 256 g/mol. The summed E-state index contributed by atoms with van der Waals surface area (Å²) in [5.74, 6) is 0.109. The van der Waals surface area contributed by atoms with Gasteiger partial charge >= 0.3 is 0 Å². The van der Waals surface area contributed by atoms with Gasteiger partial charge in [-0.05, 0) is 25.5 Å². The van der Waals surface area contributed by atoms with Crippen LogP contribution in [-0.4, -0.2) is 37.0 Å². The van der Waals surface area contributed by atoms with Crippen molar-refractivity contribution >= 4 is 18.3 Å². The number of carbonyl (C=O) groups is 1. The van der Waals surface area contributed by atoms with Crippen LogP contribution in [0.1, 0.15) is 23.2 Å². The molecule has 1 aromatic heterocycles. The maximum Gasteiger partial charge on any atom is 0.257 e. The minimum Gasteiger partial charge on any atom is -0.472 e. The van der Waals surface area contributed by atoms with E-state index in [-0.39, 0.29) is 18.3 Å². The Morgan fingerprint density at radius 1 is 1.47 bits per heavy atom. The van der Waals surface area contributed by atoms with Gasteiger partial charge in [0.15, 0.2) is 0 Å². The van der Waals surface area contributed by atoms with Crippen LogP contribution in [0.3, 0.4) is 0 Å². The Labute approximate surface area is 107 Å². The fourth-order valence-corrected chi connectivity index (χ4v) is 2.82. The lowest BCUT2D eigenvalue weighted by atomic mass is 9.86. The maximum absolute atomic E-state index is 12.1. The summed E-state index contributed by atoms with van der Waals surface area (Å²) in [4.78, 5) is 14.0. The van der Waals surface area contributed by atoms with Crippen molar-refractivity contribution in [2.45, 2.75) is 12.8 Å². The molecule has 2 aliphatic rings. The first-order chi connectivity index (χ1) is 7.79. The quantitative estimate of drug-likeness (QED) is 0.829. The van der Waals surface area contributed by atoms with Gasteiger partial charge in [-0.25, -0.2) is 0 Å². The topological polar surface area (TPSA) is 45.5 Å². The smallest absolute Gasteiger partial charge is 0.257 e. The molecule has 2 aliphatic heterocycles. The first kappa shape index (κ1) is 12.5. The first-order valence-corrected chi connectivity index (χ1v) is 5.81. The first-order valence-electron chi connectivity index (χ1n) is 5.81. The van der Waals surface area contributed by atoms with Crippen LogP contribution in [0.15, 0.2) is 23.0 Å². The summed E-state index contributed by atoms with van der Waals surface area (Å²) in [5.41, 5.74) is 1.02. The molecule has 1 unspecified atom stereocenters. The van der Waals surface area contributed by atoms with Gasteiger partial charge in [0, 0.05) is 25.0 Å². The van der Waals surface area contributed by atoms with Crippen LogP contribution in [0.4, 0.5) is 0 Å². The second-order valence-corrected chi connectivity index (χ2v) is 4.92. The van der Waals surface area contributed by atoms with E-state index in [9.17, 15) is 4.79 Å². The SMILES string of the molecule is Cl.O=C(c1ccoc1)N1CCC2(CCNC2)C1. The van der Waals surface area contributed by atoms with Gasteiger partial charge in [-0.1, -0.05) is 0 Å². The summed E-state index contributed by atoms with van der Waals surface area (Å²) in [5, 5.41) is 3.39. The molecule has 2 fully saturated rings. The highest BCUT2D eigenvalue weighted by molar-refractivity contribution is 5.94. The summed E-state index contributed by atoms with van der Waals surface area (Å²) in [6.45, 7) is 3.92. The molecule has 1 aromatic rings. The van der Waals surface area contributed by atoms with Gasteiger partial charge in [0.1, 0.15) is 6.26 Å². The van der Waals surface area contributed by atoms with Crippen LogP contribution in [-0.2, 0) is 0 Å². The number of halogens is 1. The molecule has 17 heavy (non-hydrogen) atoms. The molecule has 1 N–H and O–H groups in total. The molecule has 94 valence electrons. The third-order valence-electron chi connectivity index (χ3n) is 3.83. The standard InChI is InChI=1S/C12H16N2O2.ClH/c15-11(10-1-6-16-7-10)14-5-3-12(9-14)2-4-13-8-12;/h1,6-7,13H,2-5,8-9H2;1H. The molecule has 3 heterocycles. The number of likely N-dealkylation sites (tertiary alicyclic amines) is 1. The Kier molecular flexibility index (Phi) is 3.45. The predicted octanol–water partition coefficient (Wildman–Crippen LogP) is 1.53. The molecule has 0 bridgehead atoms. The highest BCUT2D eigenvalue weighted by Gasteiger charge is 2.41. The van der Waals surface area contributed by atoms with E-state index in [2.05, 4.69) is 5.32 Å². The highest BCUT2D eigenvalue weighted by Crippen LogP contribution is 2.36. The number of amides is 1. The van der Waals surface area contributed by atoms with Crippen LogP contribution in [0.5, 0.6) is 0 Å². The molecular formula is C12H17ClN2O2. The van der Waals surface area contributed by atoms with Crippen molar-refractivity contribution < 1.29 is 9.21 Å². The molecule has 1 spiro atoms. The number of hydrogen-bond acceptors (Lipinski definition) is 3. The van der Waals surface area contributed by atoms with Crippen molar-refractivity contribution in [2.24, 2.45) is 5.41 Å². The predicted molar refractivity (Wildman–Crippen MR) is 66.4 cm³/mol. The second kappa shape index (κ2) is 4.70. The lowest BCUT2D eigenvalue weighted by molar-refractivity contribution is 0.0775. The Bertz CT molecular complexity index is 385. The molecule has 3 rings (SSSR count). The summed E-state index contributed by atoms with van der Waals surface area (Å²) >= 11 is 0. The molecule has 0 radical (unpaired) electrons. The second-order valence-electron chi connectivity index (χ2n) is 4.92. The molecule has 0 saturated carbocycles. The van der Waals surface area contributed by atoms with E-state index >= 15 is 0 Å². The number of carbonyl (C=O) groups excluding carboxylic acids is 1. The summed E-state index contributed by atoms with van der Waals surface area (Å²) in [6, 6.07) is 1.74. The average Bonchev–Trinajstić information content (AvgIpc) is 3.01. The van der Waals surface area contributed by atoms with Crippen molar-refractivity contribution in [1.82, 2.24) is 10.2 Å². The van der Waals surface area contributed by atoms with Crippen molar-refractivity contribution in [1.29, 1.82) is 0 Å². The molecule has 4 nitrogen and oxygen atoms in total. The van der Waals surface area contributed by atoms with Gasteiger partial charge < -0.3 is 14.6 Å².